The molecule has 1 atom stereocenters. The average molecular weight is 428 g/mol. The Morgan fingerprint density at radius 3 is 2.10 bits per heavy atom. The Hall–Kier alpha value is -2.57. The fraction of sp³-hybridized carbons (Fsp3) is 0.625. The maximum Gasteiger partial charge on any atom is 0.276 e. The van der Waals surface area contributed by atoms with Crippen molar-refractivity contribution in [2.45, 2.75) is 65.3 Å². The molecule has 0 unspecified atom stereocenters. The maximum absolute atomic E-state index is 13.1. The van der Waals surface area contributed by atoms with E-state index in [2.05, 4.69) is 16.2 Å². The zero-order valence-electron chi connectivity index (χ0n) is 18.6. The van der Waals surface area contributed by atoms with Crippen molar-refractivity contribution >= 4 is 17.7 Å². The van der Waals surface area contributed by atoms with Crippen molar-refractivity contribution in [3.05, 3.63) is 29.3 Å². The minimum Gasteiger partial charge on any atom is -0.483 e. The third kappa shape index (κ3) is 4.55. The molecule has 4 saturated carbocycles. The number of benzene rings is 1. The summed E-state index contributed by atoms with van der Waals surface area (Å²) in [6.45, 7) is 5.26. The van der Waals surface area contributed by atoms with Crippen LogP contribution in [0.5, 0.6) is 5.75 Å². The van der Waals surface area contributed by atoms with Gasteiger partial charge in [-0.1, -0.05) is 18.2 Å². The molecule has 1 aromatic carbocycles. The minimum atomic E-state index is -0.722. The van der Waals surface area contributed by atoms with Crippen molar-refractivity contribution in [1.82, 2.24) is 16.2 Å². The molecule has 168 valence electrons. The maximum atomic E-state index is 13.1. The van der Waals surface area contributed by atoms with E-state index in [0.717, 1.165) is 30.4 Å². The molecular weight excluding hydrogens is 394 g/mol. The summed E-state index contributed by atoms with van der Waals surface area (Å²) in [7, 11) is 0. The molecule has 0 radical (unpaired) electrons. The van der Waals surface area contributed by atoms with Crippen molar-refractivity contribution < 1.29 is 19.1 Å². The van der Waals surface area contributed by atoms with Crippen LogP contribution in [0.1, 0.15) is 56.6 Å². The van der Waals surface area contributed by atoms with Gasteiger partial charge in [-0.05, 0) is 88.2 Å². The number of ether oxygens (including phenoxy) is 1. The van der Waals surface area contributed by atoms with Gasteiger partial charge in [0, 0.05) is 5.41 Å². The quantitative estimate of drug-likeness (QED) is 0.608. The minimum absolute atomic E-state index is 0.000983. The summed E-state index contributed by atoms with van der Waals surface area (Å²) in [4.78, 5) is 37.6. The van der Waals surface area contributed by atoms with Gasteiger partial charge in [0.2, 0.25) is 5.91 Å². The Bertz CT molecular complexity index is 826. The van der Waals surface area contributed by atoms with Gasteiger partial charge in [0.1, 0.15) is 11.8 Å². The smallest absolute Gasteiger partial charge is 0.276 e. The van der Waals surface area contributed by atoms with E-state index in [9.17, 15) is 14.4 Å². The number of para-hydroxylation sites is 1. The number of hydrogen-bond acceptors (Lipinski definition) is 4. The molecule has 0 aromatic heterocycles. The predicted octanol–water partition coefficient (Wildman–Crippen LogP) is 2.55. The van der Waals surface area contributed by atoms with Crippen LogP contribution in [0.25, 0.3) is 0 Å². The number of carbonyl (C=O) groups excluding carboxylic acids is 3. The van der Waals surface area contributed by atoms with Gasteiger partial charge in [-0.15, -0.1) is 0 Å². The number of amides is 3. The first-order valence-corrected chi connectivity index (χ1v) is 11.3. The van der Waals surface area contributed by atoms with Crippen LogP contribution in [-0.4, -0.2) is 30.4 Å². The van der Waals surface area contributed by atoms with Gasteiger partial charge < -0.3 is 10.1 Å². The summed E-state index contributed by atoms with van der Waals surface area (Å²) >= 11 is 0. The van der Waals surface area contributed by atoms with Crippen molar-refractivity contribution in [3.63, 3.8) is 0 Å². The lowest BCUT2D eigenvalue weighted by Crippen LogP contribution is -2.58. The second-order valence-corrected chi connectivity index (χ2v) is 9.94. The van der Waals surface area contributed by atoms with Crippen LogP contribution in [0.2, 0.25) is 0 Å². The van der Waals surface area contributed by atoms with Crippen LogP contribution in [0.15, 0.2) is 18.2 Å². The number of carbonyl (C=O) groups is 3. The van der Waals surface area contributed by atoms with E-state index < -0.39 is 17.9 Å². The van der Waals surface area contributed by atoms with E-state index >= 15 is 0 Å². The third-order valence-electron chi connectivity index (χ3n) is 7.34. The molecule has 4 aliphatic carbocycles. The van der Waals surface area contributed by atoms with Crippen LogP contribution < -0.4 is 20.9 Å². The normalized spacial score (nSPS) is 29.2. The molecule has 1 aromatic rings. The molecule has 0 heterocycles. The van der Waals surface area contributed by atoms with E-state index in [4.69, 9.17) is 4.74 Å². The molecule has 31 heavy (non-hydrogen) atoms. The molecule has 5 rings (SSSR count). The molecule has 3 amide bonds. The second kappa shape index (κ2) is 8.52. The zero-order chi connectivity index (χ0) is 22.2. The lowest BCUT2D eigenvalue weighted by atomic mass is 9.49. The highest BCUT2D eigenvalue weighted by Crippen LogP contribution is 2.60. The molecule has 0 aliphatic heterocycles. The van der Waals surface area contributed by atoms with Gasteiger partial charge in [0.05, 0.1) is 0 Å². The summed E-state index contributed by atoms with van der Waals surface area (Å²) in [5, 5.41) is 2.90. The van der Waals surface area contributed by atoms with Crippen LogP contribution in [0.4, 0.5) is 0 Å². The second-order valence-electron chi connectivity index (χ2n) is 9.94. The van der Waals surface area contributed by atoms with Crippen LogP contribution >= 0.6 is 0 Å². The topological polar surface area (TPSA) is 96.5 Å². The van der Waals surface area contributed by atoms with Crippen molar-refractivity contribution in [2.24, 2.45) is 23.2 Å². The summed E-state index contributed by atoms with van der Waals surface area (Å²) in [5.74, 6) is 1.75. The molecule has 7 nitrogen and oxygen atoms in total. The fourth-order valence-electron chi connectivity index (χ4n) is 6.24. The summed E-state index contributed by atoms with van der Waals surface area (Å²) in [6.07, 6.45) is 6.64. The number of hydrogen-bond donors (Lipinski definition) is 3. The molecular formula is C24H33N3O4. The first-order chi connectivity index (χ1) is 14.8. The first kappa shape index (κ1) is 21.7. The molecule has 3 N–H and O–H groups in total. The lowest BCUT2D eigenvalue weighted by Gasteiger charge is -2.55. The van der Waals surface area contributed by atoms with E-state index in [1.165, 1.54) is 19.3 Å². The van der Waals surface area contributed by atoms with E-state index in [1.807, 2.05) is 32.0 Å². The van der Waals surface area contributed by atoms with Gasteiger partial charge in [0.15, 0.2) is 6.61 Å². The standard InChI is InChI=1S/C24H33N3O4/c1-14-5-4-6-15(2)21(14)31-13-20(28)26-27-22(29)16(3)25-23(30)24-10-17-7-18(11-24)9-19(8-17)12-24/h4-6,16-19H,7-13H2,1-3H3,(H,25,30)(H,26,28)(H,27,29)/t16-,17?,18?,19?,24?/m0/s1. The first-order valence-electron chi connectivity index (χ1n) is 11.3. The Morgan fingerprint density at radius 1 is 1.00 bits per heavy atom. The Labute approximate surface area is 183 Å². The molecule has 4 fully saturated rings. The average Bonchev–Trinajstić information content (AvgIpc) is 2.70. The highest BCUT2D eigenvalue weighted by atomic mass is 16.5. The van der Waals surface area contributed by atoms with Gasteiger partial charge in [-0.3, -0.25) is 25.2 Å². The van der Waals surface area contributed by atoms with Gasteiger partial charge >= 0.3 is 0 Å². The Balaban J connectivity index is 1.23. The SMILES string of the molecule is Cc1cccc(C)c1OCC(=O)NNC(=O)[C@H](C)NC(=O)C12CC3CC(CC(C3)C1)C2. The number of rotatable bonds is 6. The molecule has 4 aliphatic rings. The third-order valence-corrected chi connectivity index (χ3v) is 7.34. The van der Waals surface area contributed by atoms with Crippen molar-refractivity contribution in [3.8, 4) is 5.75 Å². The Morgan fingerprint density at radius 2 is 1.55 bits per heavy atom. The van der Waals surface area contributed by atoms with Crippen LogP contribution in [0.3, 0.4) is 0 Å². The zero-order valence-corrected chi connectivity index (χ0v) is 18.6. The fourth-order valence-corrected chi connectivity index (χ4v) is 6.24. The van der Waals surface area contributed by atoms with Gasteiger partial charge in [0.25, 0.3) is 11.8 Å². The largest absolute Gasteiger partial charge is 0.483 e. The van der Waals surface area contributed by atoms with Crippen molar-refractivity contribution in [1.29, 1.82) is 0 Å². The van der Waals surface area contributed by atoms with E-state index in [-0.39, 0.29) is 17.9 Å². The number of aryl methyl sites for hydroxylation is 2. The monoisotopic (exact) mass is 427 g/mol. The summed E-state index contributed by atoms with van der Waals surface area (Å²) < 4.78 is 5.59. The van der Waals surface area contributed by atoms with Gasteiger partial charge in [-0.25, -0.2) is 0 Å². The molecule has 0 saturated heterocycles. The number of hydrazine groups is 1. The highest BCUT2D eigenvalue weighted by molar-refractivity contribution is 5.91. The molecule has 4 bridgehead atoms. The molecule has 0 spiro atoms. The summed E-state index contributed by atoms with van der Waals surface area (Å²) in [6, 6.07) is 5.03. The summed E-state index contributed by atoms with van der Waals surface area (Å²) in [5.41, 5.74) is 6.35. The van der Waals surface area contributed by atoms with E-state index in [0.29, 0.717) is 23.5 Å². The molecule has 7 heteroatoms. The highest BCUT2D eigenvalue weighted by Gasteiger charge is 2.54. The van der Waals surface area contributed by atoms with Crippen LogP contribution in [0, 0.1) is 37.0 Å². The number of nitrogens with one attached hydrogen (secondary N) is 3. The van der Waals surface area contributed by atoms with Gasteiger partial charge in [-0.2, -0.15) is 0 Å². The predicted molar refractivity (Wildman–Crippen MR) is 116 cm³/mol. The van der Waals surface area contributed by atoms with Crippen LogP contribution in [-0.2, 0) is 14.4 Å². The Kier molecular flexibility index (Phi) is 5.95. The lowest BCUT2D eigenvalue weighted by molar-refractivity contribution is -0.148. The van der Waals surface area contributed by atoms with E-state index in [1.54, 1.807) is 6.92 Å². The van der Waals surface area contributed by atoms with Crippen molar-refractivity contribution in [2.75, 3.05) is 6.61 Å².